The predicted molar refractivity (Wildman–Crippen MR) is 97.1 cm³/mol. The summed E-state index contributed by atoms with van der Waals surface area (Å²) in [6.45, 7) is 0. The molecule has 3 heterocycles. The van der Waals surface area contributed by atoms with E-state index >= 15 is 0 Å². The first-order valence-corrected chi connectivity index (χ1v) is 8.01. The Morgan fingerprint density at radius 1 is 0.963 bits per heavy atom. The molecule has 1 N–H and O–H groups in total. The smallest absolute Gasteiger partial charge is 0.337 e. The molecule has 0 fully saturated rings. The first-order chi connectivity index (χ1) is 13.1. The van der Waals surface area contributed by atoms with Crippen LogP contribution in [0, 0.1) is 0 Å². The highest BCUT2D eigenvalue weighted by Gasteiger charge is 2.16. The Morgan fingerprint density at radius 2 is 1.78 bits per heavy atom. The average Bonchev–Trinajstić information content (AvgIpc) is 3.23. The van der Waals surface area contributed by atoms with E-state index in [-0.39, 0.29) is 16.7 Å². The summed E-state index contributed by atoms with van der Waals surface area (Å²) in [5, 5.41) is 18.0. The Hall–Kier alpha value is -4.07. The van der Waals surface area contributed by atoms with Crippen LogP contribution in [0.15, 0.2) is 78.2 Å². The summed E-state index contributed by atoms with van der Waals surface area (Å²) in [5.74, 6) is -1.12. The van der Waals surface area contributed by atoms with Crippen LogP contribution >= 0.6 is 0 Å². The van der Waals surface area contributed by atoms with Gasteiger partial charge in [0.25, 0.3) is 0 Å². The first-order valence-electron chi connectivity index (χ1n) is 8.01. The van der Waals surface area contributed by atoms with Crippen LogP contribution in [0.2, 0.25) is 0 Å². The van der Waals surface area contributed by atoms with Crippen LogP contribution < -0.4 is 5.43 Å². The molecule has 0 radical (unpaired) electrons. The highest BCUT2D eigenvalue weighted by molar-refractivity contribution is 5.93. The summed E-state index contributed by atoms with van der Waals surface area (Å²) in [6, 6.07) is 11.3. The molecule has 0 saturated carbocycles. The standard InChI is InChI=1S/C19H13N5O3/c25-17-6-11-23(14-4-8-20-9-5-14)22-18(17)13-2-3-16(15(12-13)19(26)27)24-10-1-7-21-24/h1-12H,(H,26,27). The van der Waals surface area contributed by atoms with Crippen molar-refractivity contribution in [3.05, 3.63) is 89.2 Å². The van der Waals surface area contributed by atoms with Gasteiger partial charge in [-0.1, -0.05) is 6.07 Å². The molecule has 0 spiro atoms. The summed E-state index contributed by atoms with van der Waals surface area (Å²) in [7, 11) is 0. The number of benzene rings is 1. The van der Waals surface area contributed by atoms with Gasteiger partial charge < -0.3 is 5.11 Å². The molecule has 0 aliphatic rings. The Labute approximate surface area is 153 Å². The molecule has 8 heteroatoms. The van der Waals surface area contributed by atoms with Crippen molar-refractivity contribution in [2.75, 3.05) is 0 Å². The Kier molecular flexibility index (Phi) is 4.06. The third-order valence-corrected chi connectivity index (χ3v) is 3.99. The fourth-order valence-electron chi connectivity index (χ4n) is 2.71. The van der Waals surface area contributed by atoms with E-state index in [9.17, 15) is 14.7 Å². The third kappa shape index (κ3) is 3.11. The molecule has 0 atom stereocenters. The molecule has 132 valence electrons. The van der Waals surface area contributed by atoms with Crippen LogP contribution in [0.3, 0.4) is 0 Å². The number of rotatable bonds is 4. The monoisotopic (exact) mass is 359 g/mol. The van der Waals surface area contributed by atoms with Gasteiger partial charge >= 0.3 is 5.97 Å². The highest BCUT2D eigenvalue weighted by Crippen LogP contribution is 2.22. The van der Waals surface area contributed by atoms with E-state index in [4.69, 9.17) is 0 Å². The van der Waals surface area contributed by atoms with Gasteiger partial charge in [0.1, 0.15) is 5.69 Å². The summed E-state index contributed by atoms with van der Waals surface area (Å²) in [5.41, 5.74) is 1.43. The van der Waals surface area contributed by atoms with E-state index in [0.717, 1.165) is 5.69 Å². The predicted octanol–water partition coefficient (Wildman–Crippen LogP) is 2.18. The van der Waals surface area contributed by atoms with Crippen molar-refractivity contribution in [1.29, 1.82) is 0 Å². The van der Waals surface area contributed by atoms with E-state index in [1.165, 1.54) is 16.8 Å². The molecule has 1 aromatic carbocycles. The third-order valence-electron chi connectivity index (χ3n) is 3.99. The Morgan fingerprint density at radius 3 is 2.48 bits per heavy atom. The highest BCUT2D eigenvalue weighted by atomic mass is 16.4. The molecule has 3 aromatic heterocycles. The van der Waals surface area contributed by atoms with E-state index in [2.05, 4.69) is 15.2 Å². The van der Waals surface area contributed by atoms with Crippen LogP contribution in [0.5, 0.6) is 0 Å². The normalized spacial score (nSPS) is 10.7. The largest absolute Gasteiger partial charge is 0.478 e. The lowest BCUT2D eigenvalue weighted by atomic mass is 10.1. The minimum Gasteiger partial charge on any atom is -0.478 e. The van der Waals surface area contributed by atoms with Crippen LogP contribution in [0.25, 0.3) is 22.6 Å². The molecule has 0 saturated heterocycles. The molecule has 4 rings (SSSR count). The lowest BCUT2D eigenvalue weighted by Crippen LogP contribution is -2.13. The van der Waals surface area contributed by atoms with Crippen LogP contribution in [0.1, 0.15) is 10.4 Å². The number of hydrogen-bond acceptors (Lipinski definition) is 5. The molecule has 0 bridgehead atoms. The number of pyridine rings is 1. The topological polar surface area (TPSA) is 103 Å². The van der Waals surface area contributed by atoms with Gasteiger partial charge in [-0.05, 0) is 30.3 Å². The van der Waals surface area contributed by atoms with Gasteiger partial charge in [0.2, 0.25) is 5.43 Å². The molecule has 0 amide bonds. The number of aromatic nitrogens is 5. The Balaban J connectivity index is 1.86. The molecule has 0 unspecified atom stereocenters. The fourth-order valence-corrected chi connectivity index (χ4v) is 2.71. The van der Waals surface area contributed by atoms with Gasteiger partial charge in [-0.25, -0.2) is 14.2 Å². The minimum atomic E-state index is -1.12. The lowest BCUT2D eigenvalue weighted by Gasteiger charge is -2.10. The molecule has 4 aromatic rings. The summed E-state index contributed by atoms with van der Waals surface area (Å²) < 4.78 is 3.00. The number of carbonyl (C=O) groups is 1. The zero-order chi connectivity index (χ0) is 18.8. The fraction of sp³-hybridized carbons (Fsp3) is 0. The van der Waals surface area contributed by atoms with E-state index < -0.39 is 5.97 Å². The van der Waals surface area contributed by atoms with Gasteiger partial charge in [-0.2, -0.15) is 10.2 Å². The van der Waals surface area contributed by atoms with Gasteiger partial charge in [0.15, 0.2) is 0 Å². The van der Waals surface area contributed by atoms with Crippen molar-refractivity contribution in [3.8, 4) is 22.6 Å². The SMILES string of the molecule is O=C(O)c1cc(-c2nn(-c3ccncc3)ccc2=O)ccc1-n1cccn1. The second-order valence-electron chi connectivity index (χ2n) is 5.67. The van der Waals surface area contributed by atoms with Gasteiger partial charge in [-0.3, -0.25) is 9.78 Å². The van der Waals surface area contributed by atoms with Gasteiger partial charge in [-0.15, -0.1) is 0 Å². The van der Waals surface area contributed by atoms with Crippen LogP contribution in [-0.4, -0.2) is 35.6 Å². The van der Waals surface area contributed by atoms with Crippen molar-refractivity contribution in [2.24, 2.45) is 0 Å². The zero-order valence-corrected chi connectivity index (χ0v) is 13.9. The quantitative estimate of drug-likeness (QED) is 0.599. The number of hydrogen-bond donors (Lipinski definition) is 1. The number of aromatic carboxylic acids is 1. The molecule has 27 heavy (non-hydrogen) atoms. The van der Waals surface area contributed by atoms with Gasteiger partial charge in [0.05, 0.1) is 16.9 Å². The van der Waals surface area contributed by atoms with Crippen molar-refractivity contribution >= 4 is 5.97 Å². The second-order valence-corrected chi connectivity index (χ2v) is 5.67. The van der Waals surface area contributed by atoms with Crippen molar-refractivity contribution in [3.63, 3.8) is 0 Å². The maximum atomic E-state index is 12.3. The van der Waals surface area contributed by atoms with Gasteiger partial charge in [0, 0.05) is 42.6 Å². The lowest BCUT2D eigenvalue weighted by molar-refractivity contribution is 0.0697. The number of carboxylic acids is 1. The molecular weight excluding hydrogens is 346 g/mol. The Bertz CT molecular complexity index is 1170. The zero-order valence-electron chi connectivity index (χ0n) is 13.9. The summed E-state index contributed by atoms with van der Waals surface area (Å²) >= 11 is 0. The molecular formula is C19H13N5O3. The molecule has 0 aliphatic carbocycles. The first kappa shape index (κ1) is 16.4. The van der Waals surface area contributed by atoms with Crippen LogP contribution in [-0.2, 0) is 0 Å². The van der Waals surface area contributed by atoms with E-state index in [0.29, 0.717) is 11.3 Å². The van der Waals surface area contributed by atoms with E-state index in [1.54, 1.807) is 66.0 Å². The second kappa shape index (κ2) is 6.68. The van der Waals surface area contributed by atoms with Crippen LogP contribution in [0.4, 0.5) is 0 Å². The minimum absolute atomic E-state index is 0.0247. The van der Waals surface area contributed by atoms with Crippen molar-refractivity contribution in [1.82, 2.24) is 24.5 Å². The van der Waals surface area contributed by atoms with Crippen molar-refractivity contribution < 1.29 is 9.90 Å². The average molecular weight is 359 g/mol. The number of nitrogens with zero attached hydrogens (tertiary/aromatic N) is 5. The molecule has 0 aliphatic heterocycles. The van der Waals surface area contributed by atoms with Crippen molar-refractivity contribution in [2.45, 2.75) is 0 Å². The maximum absolute atomic E-state index is 12.3. The number of carboxylic acid groups (broad SMARTS) is 1. The molecule has 8 nitrogen and oxygen atoms in total. The van der Waals surface area contributed by atoms with E-state index in [1.807, 2.05) is 0 Å². The summed E-state index contributed by atoms with van der Waals surface area (Å²) in [4.78, 5) is 28.0. The summed E-state index contributed by atoms with van der Waals surface area (Å²) in [6.07, 6.45) is 8.01. The maximum Gasteiger partial charge on any atom is 0.337 e.